The van der Waals surface area contributed by atoms with Gasteiger partial charge < -0.3 is 24.7 Å². The van der Waals surface area contributed by atoms with Crippen LogP contribution in [0.2, 0.25) is 0 Å². The van der Waals surface area contributed by atoms with Gasteiger partial charge >= 0.3 is 6.09 Å². The highest BCUT2D eigenvalue weighted by molar-refractivity contribution is 7.11. The Bertz CT molecular complexity index is 1470. The Hall–Kier alpha value is -3.58. The van der Waals surface area contributed by atoms with Crippen molar-refractivity contribution in [3.8, 4) is 17.0 Å². The average molecular weight is 661 g/mol. The van der Waals surface area contributed by atoms with E-state index in [1.165, 1.54) is 19.2 Å². The molecule has 4 rings (SSSR count). The van der Waals surface area contributed by atoms with Crippen LogP contribution in [0.25, 0.3) is 11.3 Å². The molecule has 3 N–H and O–H groups in total. The van der Waals surface area contributed by atoms with Crippen LogP contribution < -0.4 is 15.4 Å². The summed E-state index contributed by atoms with van der Waals surface area (Å²) in [5, 5.41) is 7.17. The summed E-state index contributed by atoms with van der Waals surface area (Å²) in [5.74, 6) is 0.361. The quantitative estimate of drug-likeness (QED) is 0.146. The summed E-state index contributed by atoms with van der Waals surface area (Å²) in [6, 6.07) is 3.55. The Morgan fingerprint density at radius 2 is 1.91 bits per heavy atom. The number of amides is 2. The summed E-state index contributed by atoms with van der Waals surface area (Å²) < 4.78 is 39.4. The van der Waals surface area contributed by atoms with E-state index < -0.39 is 30.9 Å². The monoisotopic (exact) mass is 660 g/mol. The Labute approximate surface area is 273 Å². The molecule has 0 bridgehead atoms. The lowest BCUT2D eigenvalue weighted by Crippen LogP contribution is -2.51. The van der Waals surface area contributed by atoms with E-state index in [4.69, 9.17) is 4.74 Å². The summed E-state index contributed by atoms with van der Waals surface area (Å²) in [7, 11) is 1.25. The van der Waals surface area contributed by atoms with E-state index in [2.05, 4.69) is 30.3 Å². The van der Waals surface area contributed by atoms with Gasteiger partial charge in [-0.15, -0.1) is 11.3 Å². The molecule has 1 saturated carbocycles. The van der Waals surface area contributed by atoms with Crippen molar-refractivity contribution < 1.29 is 27.8 Å². The Balaban J connectivity index is 1.54. The molecule has 1 fully saturated rings. The van der Waals surface area contributed by atoms with Crippen LogP contribution in [0, 0.1) is 17.2 Å². The Kier molecular flexibility index (Phi) is 11.8. The van der Waals surface area contributed by atoms with Crippen molar-refractivity contribution in [3.63, 3.8) is 0 Å². The number of alkyl carbamates (subject to hydrolysis) is 1. The van der Waals surface area contributed by atoms with Gasteiger partial charge in [-0.05, 0) is 56.6 Å². The van der Waals surface area contributed by atoms with Crippen molar-refractivity contribution in [2.45, 2.75) is 91.6 Å². The first-order chi connectivity index (χ1) is 21.8. The van der Waals surface area contributed by atoms with Gasteiger partial charge in [-0.25, -0.2) is 19.2 Å². The fourth-order valence-corrected chi connectivity index (χ4v) is 6.04. The largest absolute Gasteiger partial charge is 0.470 e. The minimum Gasteiger partial charge on any atom is -0.470 e. The number of rotatable bonds is 16. The van der Waals surface area contributed by atoms with Gasteiger partial charge in [-0.1, -0.05) is 27.7 Å². The molecule has 1 aliphatic carbocycles. The number of benzene rings is 1. The lowest BCUT2D eigenvalue weighted by Gasteiger charge is -2.34. The van der Waals surface area contributed by atoms with Crippen molar-refractivity contribution in [1.29, 1.82) is 0 Å². The minimum atomic E-state index is -0.768. The van der Waals surface area contributed by atoms with E-state index >= 15 is 4.39 Å². The normalized spacial score (nSPS) is 15.3. The predicted octanol–water partition coefficient (Wildman–Crippen LogP) is 6.72. The summed E-state index contributed by atoms with van der Waals surface area (Å²) in [6.45, 7) is 11.6. The summed E-state index contributed by atoms with van der Waals surface area (Å²) in [5.41, 5.74) is 0.716. The molecule has 3 aromatic rings. The van der Waals surface area contributed by atoms with E-state index in [1.54, 1.807) is 34.7 Å². The third kappa shape index (κ3) is 9.03. The number of nitrogens with zero attached hydrogens (tertiary/aromatic N) is 3. The molecule has 1 aromatic carbocycles. The van der Waals surface area contributed by atoms with Crippen molar-refractivity contribution in [1.82, 2.24) is 30.5 Å². The van der Waals surface area contributed by atoms with Gasteiger partial charge in [0.2, 0.25) is 5.91 Å². The number of carbonyl (C=O) groups excluding carboxylic acids is 2. The second-order valence-corrected chi connectivity index (χ2v) is 13.9. The van der Waals surface area contributed by atoms with Crippen LogP contribution in [0.3, 0.4) is 0 Å². The molecule has 10 nitrogen and oxygen atoms in total. The fourth-order valence-electron chi connectivity index (χ4n) is 4.96. The molecule has 1 aliphatic rings. The van der Waals surface area contributed by atoms with E-state index in [0.29, 0.717) is 41.7 Å². The number of likely N-dealkylation sites (N-methyl/N-ethyl adjacent to an activating group) is 1. The first-order valence-corrected chi connectivity index (χ1v) is 16.6. The van der Waals surface area contributed by atoms with Gasteiger partial charge in [0, 0.05) is 36.3 Å². The molecule has 2 unspecified atom stereocenters. The van der Waals surface area contributed by atoms with Gasteiger partial charge in [0.15, 0.2) is 6.23 Å². The molecule has 252 valence electrons. The molecule has 46 heavy (non-hydrogen) atoms. The topological polar surface area (TPSA) is 121 Å². The molecular formula is C33H46F2N6O4S. The van der Waals surface area contributed by atoms with Crippen molar-refractivity contribution in [2.75, 3.05) is 20.3 Å². The van der Waals surface area contributed by atoms with E-state index in [9.17, 15) is 14.0 Å². The number of ether oxygens (including phenoxy) is 2. The average Bonchev–Trinajstić information content (AvgIpc) is 3.54. The van der Waals surface area contributed by atoms with Crippen LogP contribution in [-0.2, 0) is 16.1 Å². The van der Waals surface area contributed by atoms with Gasteiger partial charge in [-0.3, -0.25) is 14.5 Å². The van der Waals surface area contributed by atoms with E-state index in [0.717, 1.165) is 22.7 Å². The van der Waals surface area contributed by atoms with Crippen LogP contribution in [0.5, 0.6) is 5.75 Å². The van der Waals surface area contributed by atoms with Crippen molar-refractivity contribution >= 4 is 23.3 Å². The number of hydrogen-bond acceptors (Lipinski definition) is 8. The third-order valence-electron chi connectivity index (χ3n) is 8.53. The second-order valence-electron chi connectivity index (χ2n) is 12.8. The van der Waals surface area contributed by atoms with Crippen LogP contribution >= 0.6 is 11.3 Å². The molecular weight excluding hydrogens is 614 g/mol. The maximum Gasteiger partial charge on any atom is 0.407 e. The molecule has 2 aromatic heterocycles. The molecule has 3 atom stereocenters. The second kappa shape index (κ2) is 15.3. The summed E-state index contributed by atoms with van der Waals surface area (Å²) in [6.07, 6.45) is 4.72. The number of alkyl halides is 1. The van der Waals surface area contributed by atoms with Crippen LogP contribution in [0.4, 0.5) is 13.6 Å². The van der Waals surface area contributed by atoms with Gasteiger partial charge in [0.25, 0.3) is 0 Å². The zero-order valence-electron chi connectivity index (χ0n) is 27.7. The molecule has 13 heteroatoms. The number of methoxy groups -OCH3 is 1. The number of carbonyl (C=O) groups is 2. The maximum atomic E-state index is 15.0. The number of aromatic amines is 1. The maximum absolute atomic E-state index is 15.0. The lowest BCUT2D eigenvalue weighted by atomic mass is 9.82. The molecule has 0 aliphatic heterocycles. The molecule has 2 heterocycles. The number of hydrogen-bond donors (Lipinski definition) is 3. The van der Waals surface area contributed by atoms with Crippen LogP contribution in [0.15, 0.2) is 30.6 Å². The number of halogens is 2. The molecule has 0 saturated heterocycles. The predicted molar refractivity (Wildman–Crippen MR) is 174 cm³/mol. The highest BCUT2D eigenvalue weighted by Gasteiger charge is 2.32. The standard InChI is InChI=1S/C33H46F2N6O4S/c1-8-41(31(42)28(19(2)3)40-32(43)44-7)18-27-36-16-25(39-27)22-13-23(35)15-24(14-22)45-29(38-20(4)33(5,6)11-12-34)26-17-37-30(46-26)21-9-10-21/h13-17,19-21,28-29,38H,8-12,18H2,1-7H3,(H,36,39)(H,40,43)/t20?,28-,29?/m0/s1. The highest BCUT2D eigenvalue weighted by Crippen LogP contribution is 2.43. The van der Waals surface area contributed by atoms with E-state index in [-0.39, 0.29) is 29.8 Å². The number of imidazole rings is 1. The minimum absolute atomic E-state index is 0.120. The SMILES string of the molecule is CCN(Cc1ncc(-c2cc(F)cc(OC(NC(C)C(C)(C)CCF)c3cnc(C4CC4)s3)c2)[nH]1)C(=O)[C@@H](NC(=O)OC)C(C)C. The van der Waals surface area contributed by atoms with Gasteiger partial charge in [0.1, 0.15) is 23.4 Å². The third-order valence-corrected chi connectivity index (χ3v) is 9.73. The first-order valence-electron chi connectivity index (χ1n) is 15.8. The van der Waals surface area contributed by atoms with Gasteiger partial charge in [-0.2, -0.15) is 0 Å². The molecule has 2 amide bonds. The first kappa shape index (κ1) is 35.3. The Morgan fingerprint density at radius 1 is 1.17 bits per heavy atom. The van der Waals surface area contributed by atoms with Crippen molar-refractivity contribution in [2.24, 2.45) is 11.3 Å². The Morgan fingerprint density at radius 3 is 2.54 bits per heavy atom. The zero-order chi connectivity index (χ0) is 33.6. The van der Waals surface area contributed by atoms with Crippen molar-refractivity contribution in [3.05, 3.63) is 52.1 Å². The summed E-state index contributed by atoms with van der Waals surface area (Å²) in [4.78, 5) is 39.8. The molecule has 0 spiro atoms. The van der Waals surface area contributed by atoms with Gasteiger partial charge in [0.05, 0.1) is 42.1 Å². The highest BCUT2D eigenvalue weighted by atomic mass is 32.1. The number of H-pyrrole nitrogens is 1. The number of aromatic nitrogens is 3. The number of thiazole rings is 1. The van der Waals surface area contributed by atoms with E-state index in [1.807, 2.05) is 41.5 Å². The number of nitrogens with one attached hydrogen (secondary N) is 3. The smallest absolute Gasteiger partial charge is 0.407 e. The van der Waals surface area contributed by atoms with Crippen LogP contribution in [-0.4, -0.2) is 64.3 Å². The lowest BCUT2D eigenvalue weighted by molar-refractivity contribution is -0.135. The fraction of sp³-hybridized carbons (Fsp3) is 0.576. The summed E-state index contributed by atoms with van der Waals surface area (Å²) >= 11 is 1.58. The molecule has 0 radical (unpaired) electrons. The van der Waals surface area contributed by atoms with Crippen LogP contribution in [0.1, 0.15) is 88.7 Å². The zero-order valence-corrected chi connectivity index (χ0v) is 28.5.